The molecule has 1 aromatic heterocycles. The van der Waals surface area contributed by atoms with Crippen molar-refractivity contribution < 1.29 is 13.2 Å². The summed E-state index contributed by atoms with van der Waals surface area (Å²) in [4.78, 5) is 4.41. The van der Waals surface area contributed by atoms with Crippen molar-refractivity contribution in [3.63, 3.8) is 0 Å². The van der Waals surface area contributed by atoms with Crippen LogP contribution in [-0.4, -0.2) is 12.0 Å². The maximum atomic E-state index is 12.7. The number of hydrogen-bond donors (Lipinski definition) is 1. The highest BCUT2D eigenvalue weighted by Gasteiger charge is 2.32. The molecular weight excluding hydrogens is 453 g/mol. The van der Waals surface area contributed by atoms with E-state index in [4.69, 9.17) is 0 Å². The van der Waals surface area contributed by atoms with E-state index in [1.807, 2.05) is 55.6 Å². The second kappa shape index (κ2) is 10.9. The zero-order valence-electron chi connectivity index (χ0n) is 19.7. The molecule has 6 heteroatoms. The van der Waals surface area contributed by atoms with Crippen LogP contribution < -0.4 is 5.32 Å². The summed E-state index contributed by atoms with van der Waals surface area (Å²) in [5.74, 6) is 0.0565. The largest absolute Gasteiger partial charge is 0.416 e. The van der Waals surface area contributed by atoms with Crippen LogP contribution in [0, 0.1) is 5.41 Å². The van der Waals surface area contributed by atoms with E-state index in [1.54, 1.807) is 23.5 Å². The van der Waals surface area contributed by atoms with Crippen molar-refractivity contribution >= 4 is 16.5 Å². The Bertz CT molecular complexity index is 1150. The summed E-state index contributed by atoms with van der Waals surface area (Å²) in [6, 6.07) is 25.6. The van der Waals surface area contributed by atoms with E-state index < -0.39 is 11.7 Å². The maximum Gasteiger partial charge on any atom is 0.416 e. The fraction of sp³-hybridized carbons (Fsp3) is 0.250. The molecule has 0 aliphatic heterocycles. The van der Waals surface area contributed by atoms with Gasteiger partial charge < -0.3 is 5.32 Å². The van der Waals surface area contributed by atoms with Crippen molar-refractivity contribution in [3.8, 4) is 11.3 Å². The molecule has 1 heterocycles. The zero-order chi connectivity index (χ0) is 24.8. The van der Waals surface area contributed by atoms with Crippen LogP contribution in [0.2, 0.25) is 0 Å². The van der Waals surface area contributed by atoms with Crippen LogP contribution >= 0.6 is 11.3 Å². The van der Waals surface area contributed by atoms with Gasteiger partial charge in [-0.05, 0) is 28.7 Å². The molecule has 0 spiro atoms. The van der Waals surface area contributed by atoms with Crippen molar-refractivity contribution in [1.82, 2.24) is 4.98 Å². The molecule has 1 N–H and O–H groups in total. The molecule has 0 bridgehead atoms. The van der Waals surface area contributed by atoms with Crippen LogP contribution in [0.1, 0.15) is 43.4 Å². The first-order valence-corrected chi connectivity index (χ1v) is 11.9. The number of nitrogens with one attached hydrogen (secondary N) is 1. The van der Waals surface area contributed by atoms with E-state index in [9.17, 15) is 13.2 Å². The first kappa shape index (κ1) is 25.5. The van der Waals surface area contributed by atoms with Gasteiger partial charge >= 0.3 is 6.18 Å². The van der Waals surface area contributed by atoms with Gasteiger partial charge in [0.05, 0.1) is 11.3 Å². The van der Waals surface area contributed by atoms with Crippen LogP contribution in [-0.2, 0) is 6.18 Å². The molecule has 0 saturated carbocycles. The van der Waals surface area contributed by atoms with E-state index in [2.05, 4.69) is 48.6 Å². The molecule has 4 aromatic rings. The molecule has 3 aromatic carbocycles. The summed E-state index contributed by atoms with van der Waals surface area (Å²) in [6.45, 7) is 6.30. The predicted octanol–water partition coefficient (Wildman–Crippen LogP) is 8.74. The van der Waals surface area contributed by atoms with Crippen LogP contribution in [0.5, 0.6) is 0 Å². The number of halogens is 3. The molecule has 0 aliphatic rings. The van der Waals surface area contributed by atoms with Gasteiger partial charge in [-0.2, -0.15) is 13.2 Å². The van der Waals surface area contributed by atoms with Crippen molar-refractivity contribution in [2.45, 2.75) is 32.9 Å². The lowest BCUT2D eigenvalue weighted by molar-refractivity contribution is -0.137. The number of thiazole rings is 1. The van der Waals surface area contributed by atoms with Crippen LogP contribution in [0.25, 0.3) is 11.3 Å². The Morgan fingerprint density at radius 3 is 1.76 bits per heavy atom. The quantitative estimate of drug-likeness (QED) is 0.314. The molecule has 0 amide bonds. The highest BCUT2D eigenvalue weighted by Crippen LogP contribution is 2.41. The number of nitrogens with zero attached hydrogens (tertiary/aromatic N) is 1. The van der Waals surface area contributed by atoms with E-state index in [-0.39, 0.29) is 11.3 Å². The molecule has 178 valence electrons. The Labute approximate surface area is 203 Å². The molecule has 4 rings (SSSR count). The SMILES string of the molecule is CC(C)(C)C(c1ccccc1)c1ccc(C(F)(F)F)cc1.CNc1nc(-c2ccccc2)cs1. The number of alkyl halides is 3. The third-order valence-electron chi connectivity index (χ3n) is 5.36. The minimum absolute atomic E-state index is 0.0565. The van der Waals surface area contributed by atoms with E-state index in [0.29, 0.717) is 0 Å². The first-order chi connectivity index (χ1) is 16.1. The Balaban J connectivity index is 0.000000212. The van der Waals surface area contributed by atoms with Gasteiger partial charge in [0.25, 0.3) is 0 Å². The molecule has 1 atom stereocenters. The molecule has 1 unspecified atom stereocenters. The summed E-state index contributed by atoms with van der Waals surface area (Å²) in [6.07, 6.45) is -4.29. The number of rotatable bonds is 4. The lowest BCUT2D eigenvalue weighted by Gasteiger charge is -2.32. The van der Waals surface area contributed by atoms with Gasteiger partial charge in [-0.15, -0.1) is 11.3 Å². The number of hydrogen-bond acceptors (Lipinski definition) is 3. The second-order valence-corrected chi connectivity index (χ2v) is 9.84. The van der Waals surface area contributed by atoms with Crippen LogP contribution in [0.15, 0.2) is 90.3 Å². The Morgan fingerprint density at radius 2 is 1.29 bits per heavy atom. The van der Waals surface area contributed by atoms with Crippen LogP contribution in [0.3, 0.4) is 0 Å². The molecule has 0 fully saturated rings. The molecule has 0 saturated heterocycles. The fourth-order valence-electron chi connectivity index (χ4n) is 3.83. The smallest absolute Gasteiger partial charge is 0.365 e. The summed E-state index contributed by atoms with van der Waals surface area (Å²) in [7, 11) is 1.88. The Hall–Kier alpha value is -3.12. The molecule has 0 aliphatic carbocycles. The average molecular weight is 483 g/mol. The minimum atomic E-state index is -4.29. The maximum absolute atomic E-state index is 12.7. The summed E-state index contributed by atoms with van der Waals surface area (Å²) in [5, 5.41) is 6.04. The van der Waals surface area contributed by atoms with Gasteiger partial charge in [0.15, 0.2) is 5.13 Å². The van der Waals surface area contributed by atoms with Gasteiger partial charge in [0, 0.05) is 23.9 Å². The zero-order valence-corrected chi connectivity index (χ0v) is 20.5. The van der Waals surface area contributed by atoms with Crippen molar-refractivity contribution in [2.75, 3.05) is 12.4 Å². The lowest BCUT2D eigenvalue weighted by Crippen LogP contribution is -2.20. The number of anilines is 1. The normalized spacial score (nSPS) is 12.4. The average Bonchev–Trinajstić information content (AvgIpc) is 3.29. The number of benzene rings is 3. The summed E-state index contributed by atoms with van der Waals surface area (Å²) in [5.41, 5.74) is 3.54. The third-order valence-corrected chi connectivity index (χ3v) is 6.22. The van der Waals surface area contributed by atoms with E-state index >= 15 is 0 Å². The van der Waals surface area contributed by atoms with Crippen molar-refractivity contribution in [1.29, 1.82) is 0 Å². The first-order valence-electron chi connectivity index (χ1n) is 11.0. The van der Waals surface area contributed by atoms with Gasteiger partial charge in [-0.1, -0.05) is 93.6 Å². The minimum Gasteiger partial charge on any atom is -0.365 e. The van der Waals surface area contributed by atoms with Crippen molar-refractivity contribution in [2.24, 2.45) is 5.41 Å². The second-order valence-electron chi connectivity index (χ2n) is 8.98. The molecular formula is C28H29F3N2S. The standard InChI is InChI=1S/C18H19F3.C10H10N2S/c1-17(2,3)16(13-7-5-4-6-8-13)14-9-11-15(12-10-14)18(19,20)21;1-11-10-12-9(7-13-10)8-5-3-2-4-6-8/h4-12,16H,1-3H3;2-7H,1H3,(H,11,12). The lowest BCUT2D eigenvalue weighted by atomic mass is 9.72. The highest BCUT2D eigenvalue weighted by molar-refractivity contribution is 7.14. The third kappa shape index (κ3) is 6.70. The van der Waals surface area contributed by atoms with Gasteiger partial charge in [0.1, 0.15) is 0 Å². The monoisotopic (exact) mass is 482 g/mol. The van der Waals surface area contributed by atoms with Crippen LogP contribution in [0.4, 0.5) is 18.3 Å². The van der Waals surface area contributed by atoms with E-state index in [0.717, 1.165) is 34.1 Å². The molecule has 2 nitrogen and oxygen atoms in total. The topological polar surface area (TPSA) is 24.9 Å². The highest BCUT2D eigenvalue weighted by atomic mass is 32.1. The summed E-state index contributed by atoms with van der Waals surface area (Å²) < 4.78 is 38.0. The Morgan fingerprint density at radius 1 is 0.765 bits per heavy atom. The van der Waals surface area contributed by atoms with Crippen molar-refractivity contribution in [3.05, 3.63) is 107 Å². The molecule has 0 radical (unpaired) electrons. The van der Waals surface area contributed by atoms with Gasteiger partial charge in [-0.3, -0.25) is 0 Å². The van der Waals surface area contributed by atoms with Gasteiger partial charge in [-0.25, -0.2) is 4.98 Å². The molecule has 34 heavy (non-hydrogen) atoms. The summed E-state index contributed by atoms with van der Waals surface area (Å²) >= 11 is 1.62. The Kier molecular flexibility index (Phi) is 8.15. The van der Waals surface area contributed by atoms with E-state index in [1.165, 1.54) is 5.56 Å². The predicted molar refractivity (Wildman–Crippen MR) is 136 cm³/mol. The van der Waals surface area contributed by atoms with Gasteiger partial charge in [0.2, 0.25) is 0 Å². The fourth-order valence-corrected chi connectivity index (χ4v) is 4.51. The number of aromatic nitrogens is 1.